The van der Waals surface area contributed by atoms with Crippen molar-refractivity contribution in [2.45, 2.75) is 168 Å². The van der Waals surface area contributed by atoms with Crippen molar-refractivity contribution < 1.29 is 8.97 Å². The molecule has 0 aliphatic heterocycles. The summed E-state index contributed by atoms with van der Waals surface area (Å²) in [5.41, 5.74) is 3.54. The van der Waals surface area contributed by atoms with Gasteiger partial charge in [-0.25, -0.2) is 0 Å². The summed E-state index contributed by atoms with van der Waals surface area (Å²) in [4.78, 5) is 0. The van der Waals surface area contributed by atoms with E-state index in [1.165, 1.54) is 140 Å². The Morgan fingerprint density at radius 2 is 0.722 bits per heavy atom. The molecule has 0 aliphatic carbocycles. The Hall–Kier alpha value is -2.42. The second-order valence-corrected chi connectivity index (χ2v) is 18.9. The Labute approximate surface area is 338 Å². The average molecular weight is 743 g/mol. The van der Waals surface area contributed by atoms with Gasteiger partial charge in [0.15, 0.2) is 0 Å². The lowest BCUT2D eigenvalue weighted by molar-refractivity contribution is -0.910. The summed E-state index contributed by atoms with van der Waals surface area (Å²) in [5, 5.41) is 0. The highest BCUT2D eigenvalue weighted by molar-refractivity contribution is 5.21. The number of benzene rings is 1. The molecule has 1 rings (SSSR count). The predicted octanol–water partition coefficient (Wildman–Crippen LogP) is 15.3. The molecule has 0 fully saturated rings. The second kappa shape index (κ2) is 28.9. The van der Waals surface area contributed by atoms with Gasteiger partial charge >= 0.3 is 0 Å². The molecular weight excluding hydrogens is 653 g/mol. The third-order valence-corrected chi connectivity index (χ3v) is 11.5. The zero-order chi connectivity index (χ0) is 40.0. The van der Waals surface area contributed by atoms with Crippen molar-refractivity contribution in [3.63, 3.8) is 0 Å². The maximum atomic E-state index is 4.06. The number of hydrogen-bond acceptors (Lipinski definition) is 0. The van der Waals surface area contributed by atoms with E-state index in [-0.39, 0.29) is 0 Å². The lowest BCUT2D eigenvalue weighted by Gasteiger charge is -2.40. The van der Waals surface area contributed by atoms with Gasteiger partial charge < -0.3 is 8.97 Å². The van der Waals surface area contributed by atoms with Crippen molar-refractivity contribution in [2.75, 3.05) is 41.3 Å². The van der Waals surface area contributed by atoms with E-state index in [1.54, 1.807) is 0 Å². The molecule has 2 heteroatoms. The molecule has 0 aliphatic rings. The van der Waals surface area contributed by atoms with Crippen LogP contribution in [0.4, 0.5) is 0 Å². The van der Waals surface area contributed by atoms with Crippen LogP contribution in [-0.2, 0) is 13.1 Å². The first-order valence-corrected chi connectivity index (χ1v) is 22.3. The number of rotatable bonds is 36. The van der Waals surface area contributed by atoms with Crippen molar-refractivity contribution in [3.05, 3.63) is 110 Å². The zero-order valence-corrected chi connectivity index (χ0v) is 37.0. The van der Waals surface area contributed by atoms with Crippen LogP contribution in [0, 0.1) is 10.8 Å². The third-order valence-electron chi connectivity index (χ3n) is 11.5. The Morgan fingerprint density at radius 1 is 0.407 bits per heavy atom. The maximum Gasteiger partial charge on any atom is 0.104 e. The monoisotopic (exact) mass is 743 g/mol. The van der Waals surface area contributed by atoms with E-state index < -0.39 is 0 Å². The van der Waals surface area contributed by atoms with Crippen LogP contribution < -0.4 is 0 Å². The first-order valence-electron chi connectivity index (χ1n) is 22.3. The van der Waals surface area contributed by atoms with Gasteiger partial charge in [0.2, 0.25) is 0 Å². The van der Waals surface area contributed by atoms with Gasteiger partial charge in [0.1, 0.15) is 13.1 Å². The Bertz CT molecular complexity index is 1180. The van der Waals surface area contributed by atoms with Crippen LogP contribution in [0.2, 0.25) is 0 Å². The minimum atomic E-state index is 0.317. The van der Waals surface area contributed by atoms with Gasteiger partial charge in [0.05, 0.1) is 41.3 Å². The molecule has 0 spiro atoms. The molecule has 1 aromatic rings. The molecule has 2 unspecified atom stereocenters. The van der Waals surface area contributed by atoms with Gasteiger partial charge in [0, 0.05) is 22.0 Å². The van der Waals surface area contributed by atoms with Crippen molar-refractivity contribution >= 4 is 0 Å². The molecule has 0 saturated carbocycles. The molecule has 0 heterocycles. The maximum absolute atomic E-state index is 4.06. The fourth-order valence-corrected chi connectivity index (χ4v) is 8.97. The van der Waals surface area contributed by atoms with Gasteiger partial charge in [-0.2, -0.15) is 0 Å². The Morgan fingerprint density at radius 3 is 1.13 bits per heavy atom. The van der Waals surface area contributed by atoms with Gasteiger partial charge in [-0.1, -0.05) is 112 Å². The lowest BCUT2D eigenvalue weighted by atomic mass is 9.79. The van der Waals surface area contributed by atoms with Crippen molar-refractivity contribution in [1.82, 2.24) is 0 Å². The zero-order valence-electron chi connectivity index (χ0n) is 37.0. The predicted molar refractivity (Wildman–Crippen MR) is 245 cm³/mol. The summed E-state index contributed by atoms with van der Waals surface area (Å²) in [6.45, 7) is 25.3. The van der Waals surface area contributed by atoms with Crippen LogP contribution in [0.5, 0.6) is 0 Å². The molecule has 0 radical (unpaired) electrons. The topological polar surface area (TPSA) is 0 Å². The highest BCUT2D eigenvalue weighted by Crippen LogP contribution is 2.35. The van der Waals surface area contributed by atoms with E-state index in [4.69, 9.17) is 0 Å². The summed E-state index contributed by atoms with van der Waals surface area (Å²) in [7, 11) is 9.75. The SMILES string of the molecule is C=CCCCCCC/C=C/CCCC(C)(CCC=C)C[N+](C)(C)Cc1ccc(C[N+](C)(C)CC(C)(CC/C=C/CCCCCCC=C)CCCC=C)cc1. The van der Waals surface area contributed by atoms with Crippen LogP contribution in [0.25, 0.3) is 0 Å². The van der Waals surface area contributed by atoms with E-state index in [0.717, 1.165) is 47.7 Å². The standard InChI is InChI=1S/C52H90N2/c1-11-15-19-21-23-25-27-29-31-32-35-43-51(5,41-18-14-4)47-53(7,8)45-49-37-39-50(40-38-49)46-54(9,10)48-52(6,42-34-17-13-3)44-36-33-30-28-26-24-22-20-16-12-2/h11-14,29-31,33,37-40H,1-4,15-28,32,34-36,41-48H2,5-10H3/q+2/b31-29+,33-30+. The minimum Gasteiger partial charge on any atom is -0.324 e. The van der Waals surface area contributed by atoms with Crippen LogP contribution in [0.3, 0.4) is 0 Å². The minimum absolute atomic E-state index is 0.317. The van der Waals surface area contributed by atoms with Gasteiger partial charge in [0.25, 0.3) is 0 Å². The number of nitrogens with zero attached hydrogens (tertiary/aromatic N) is 2. The quantitative estimate of drug-likeness (QED) is 0.0365. The van der Waals surface area contributed by atoms with E-state index in [2.05, 4.69) is 129 Å². The highest BCUT2D eigenvalue weighted by atomic mass is 15.3. The summed E-state index contributed by atoms with van der Waals surface area (Å²) in [6.07, 6.45) is 45.5. The molecule has 0 aromatic heterocycles. The normalized spacial score (nSPS) is 14.6. The molecule has 306 valence electrons. The number of hydrogen-bond donors (Lipinski definition) is 0. The molecule has 1 aromatic carbocycles. The summed E-state index contributed by atoms with van der Waals surface area (Å²) in [5.74, 6) is 0. The molecule has 0 saturated heterocycles. The first kappa shape index (κ1) is 49.6. The van der Waals surface area contributed by atoms with E-state index in [1.807, 2.05) is 12.2 Å². The molecule has 2 atom stereocenters. The Balaban J connectivity index is 2.72. The molecule has 2 nitrogen and oxygen atoms in total. The number of quaternary nitrogens is 2. The van der Waals surface area contributed by atoms with Crippen molar-refractivity contribution in [2.24, 2.45) is 10.8 Å². The molecule has 54 heavy (non-hydrogen) atoms. The number of allylic oxidation sites excluding steroid dienone is 8. The summed E-state index contributed by atoms with van der Waals surface area (Å²) < 4.78 is 2.04. The molecule has 0 N–H and O–H groups in total. The van der Waals surface area contributed by atoms with Crippen LogP contribution in [-0.4, -0.2) is 50.2 Å². The first-order chi connectivity index (χ1) is 25.8. The second-order valence-electron chi connectivity index (χ2n) is 18.9. The van der Waals surface area contributed by atoms with Crippen LogP contribution in [0.1, 0.15) is 166 Å². The van der Waals surface area contributed by atoms with Crippen LogP contribution >= 0.6 is 0 Å². The van der Waals surface area contributed by atoms with E-state index in [9.17, 15) is 0 Å². The molecule has 0 bridgehead atoms. The number of unbranched alkanes of at least 4 members (excludes halogenated alkanes) is 12. The molecular formula is C52H90N2+2. The third kappa shape index (κ3) is 25.6. The smallest absolute Gasteiger partial charge is 0.104 e. The van der Waals surface area contributed by atoms with Crippen molar-refractivity contribution in [3.8, 4) is 0 Å². The fourth-order valence-electron chi connectivity index (χ4n) is 8.97. The summed E-state index contributed by atoms with van der Waals surface area (Å²) >= 11 is 0. The summed E-state index contributed by atoms with van der Waals surface area (Å²) in [6, 6.07) is 9.65. The van der Waals surface area contributed by atoms with Gasteiger partial charge in [-0.05, 0) is 116 Å². The molecule has 0 amide bonds. The fraction of sp³-hybridized carbons (Fsp3) is 0.654. The van der Waals surface area contributed by atoms with E-state index >= 15 is 0 Å². The van der Waals surface area contributed by atoms with Crippen LogP contribution in [0.15, 0.2) is 99.2 Å². The van der Waals surface area contributed by atoms with Crippen molar-refractivity contribution in [1.29, 1.82) is 0 Å². The van der Waals surface area contributed by atoms with E-state index in [0.29, 0.717) is 10.8 Å². The lowest BCUT2D eigenvalue weighted by Crippen LogP contribution is -2.47. The average Bonchev–Trinajstić information content (AvgIpc) is 3.11. The Kier molecular flexibility index (Phi) is 26.6. The van der Waals surface area contributed by atoms with Gasteiger partial charge in [-0.3, -0.25) is 0 Å². The largest absolute Gasteiger partial charge is 0.324 e. The highest BCUT2D eigenvalue weighted by Gasteiger charge is 2.33. The van der Waals surface area contributed by atoms with Gasteiger partial charge in [-0.15, -0.1) is 26.3 Å².